The van der Waals surface area contributed by atoms with E-state index in [0.717, 1.165) is 48.7 Å². The van der Waals surface area contributed by atoms with Crippen LogP contribution in [-0.4, -0.2) is 46.9 Å². The zero-order chi connectivity index (χ0) is 21.5. The molecule has 0 aliphatic heterocycles. The summed E-state index contributed by atoms with van der Waals surface area (Å²) >= 11 is 1.64. The van der Waals surface area contributed by atoms with Crippen LogP contribution in [0.4, 0.5) is 5.82 Å². The molecule has 2 aliphatic carbocycles. The van der Waals surface area contributed by atoms with Gasteiger partial charge in [-0.25, -0.2) is 4.98 Å². The van der Waals surface area contributed by atoms with Crippen molar-refractivity contribution < 1.29 is 14.7 Å². The van der Waals surface area contributed by atoms with E-state index in [4.69, 9.17) is 4.98 Å². The van der Waals surface area contributed by atoms with Crippen molar-refractivity contribution in [3.05, 3.63) is 17.7 Å². The Morgan fingerprint density at radius 3 is 2.47 bits per heavy atom. The molecule has 1 heterocycles. The predicted molar refractivity (Wildman–Crippen MR) is 121 cm³/mol. The van der Waals surface area contributed by atoms with E-state index in [0.29, 0.717) is 24.4 Å². The van der Waals surface area contributed by atoms with Crippen LogP contribution in [0.1, 0.15) is 81.5 Å². The minimum absolute atomic E-state index is 0.0100. The fraction of sp³-hybridized carbons (Fsp3) is 0.696. The van der Waals surface area contributed by atoms with Gasteiger partial charge >= 0.3 is 5.97 Å². The maximum Gasteiger partial charge on any atom is 0.306 e. The number of carbonyl (C=O) groups is 2. The molecule has 2 fully saturated rings. The Kier molecular flexibility index (Phi) is 8.42. The lowest BCUT2D eigenvalue weighted by molar-refractivity contribution is -0.142. The third kappa shape index (κ3) is 5.90. The predicted octanol–water partition coefficient (Wildman–Crippen LogP) is 4.73. The standard InChI is InChI=1S/C23H35N3O3S/c1-3-15-30-22-19(21(27)24-17-7-5-4-6-8-17)13-14-20(25-22)26(2)18-11-9-16(10-12-18)23(28)29/h13-14,16-18H,3-12,15H2,1-2H3,(H,24,27)(H,28,29). The molecule has 2 saturated carbocycles. The summed E-state index contributed by atoms with van der Waals surface area (Å²) in [6, 6.07) is 4.42. The number of amides is 1. The van der Waals surface area contributed by atoms with Gasteiger partial charge in [0.1, 0.15) is 10.8 Å². The van der Waals surface area contributed by atoms with E-state index < -0.39 is 5.97 Å². The number of carboxylic acids is 1. The fourth-order valence-corrected chi connectivity index (χ4v) is 5.39. The van der Waals surface area contributed by atoms with E-state index in [2.05, 4.69) is 17.1 Å². The number of nitrogens with zero attached hydrogens (tertiary/aromatic N) is 2. The van der Waals surface area contributed by atoms with Crippen LogP contribution in [0.5, 0.6) is 0 Å². The first-order chi connectivity index (χ1) is 14.5. The van der Waals surface area contributed by atoms with Gasteiger partial charge in [0, 0.05) is 19.1 Å². The minimum atomic E-state index is -0.680. The summed E-state index contributed by atoms with van der Waals surface area (Å²) in [6.07, 6.45) is 9.94. The van der Waals surface area contributed by atoms with Gasteiger partial charge < -0.3 is 15.3 Å². The Labute approximate surface area is 184 Å². The molecule has 6 nitrogen and oxygen atoms in total. The Bertz CT molecular complexity index is 728. The van der Waals surface area contributed by atoms with Crippen molar-refractivity contribution in [2.24, 2.45) is 5.92 Å². The van der Waals surface area contributed by atoms with Crippen LogP contribution >= 0.6 is 11.8 Å². The first-order valence-electron chi connectivity index (χ1n) is 11.4. The molecule has 2 aliphatic rings. The maximum absolute atomic E-state index is 12.9. The second-order valence-electron chi connectivity index (χ2n) is 8.63. The highest BCUT2D eigenvalue weighted by Gasteiger charge is 2.29. The Morgan fingerprint density at radius 2 is 1.83 bits per heavy atom. The SMILES string of the molecule is CCCSc1nc(N(C)C2CCC(C(=O)O)CC2)ccc1C(=O)NC1CCCCC1. The van der Waals surface area contributed by atoms with E-state index >= 15 is 0 Å². The van der Waals surface area contributed by atoms with Crippen molar-refractivity contribution in [2.75, 3.05) is 17.7 Å². The summed E-state index contributed by atoms with van der Waals surface area (Å²) in [6.45, 7) is 2.13. The van der Waals surface area contributed by atoms with E-state index in [1.807, 2.05) is 19.2 Å². The normalized spacial score (nSPS) is 22.5. The number of carbonyl (C=O) groups excluding carboxylic acids is 1. The zero-order valence-electron chi connectivity index (χ0n) is 18.2. The number of hydrogen-bond acceptors (Lipinski definition) is 5. The molecule has 1 aromatic rings. The van der Waals surface area contributed by atoms with Gasteiger partial charge in [-0.1, -0.05) is 26.2 Å². The third-order valence-electron chi connectivity index (χ3n) is 6.43. The molecule has 7 heteroatoms. The van der Waals surface area contributed by atoms with Gasteiger partial charge in [0.15, 0.2) is 0 Å². The monoisotopic (exact) mass is 433 g/mol. The second-order valence-corrected chi connectivity index (χ2v) is 9.72. The molecule has 0 atom stereocenters. The average molecular weight is 434 g/mol. The van der Waals surface area contributed by atoms with Gasteiger partial charge in [0.25, 0.3) is 5.91 Å². The van der Waals surface area contributed by atoms with Crippen molar-refractivity contribution in [2.45, 2.75) is 88.2 Å². The molecule has 0 aromatic carbocycles. The van der Waals surface area contributed by atoms with E-state index in [1.165, 1.54) is 19.3 Å². The third-order valence-corrected chi connectivity index (χ3v) is 7.63. The number of pyridine rings is 1. The fourth-order valence-electron chi connectivity index (χ4n) is 4.52. The average Bonchev–Trinajstić information content (AvgIpc) is 2.77. The molecule has 0 unspecified atom stereocenters. The lowest BCUT2D eigenvalue weighted by atomic mass is 9.85. The molecule has 3 rings (SSSR count). The molecular formula is C23H35N3O3S. The first-order valence-corrected chi connectivity index (χ1v) is 12.4. The summed E-state index contributed by atoms with van der Waals surface area (Å²) < 4.78 is 0. The van der Waals surface area contributed by atoms with Crippen LogP contribution in [0.25, 0.3) is 0 Å². The number of nitrogens with one attached hydrogen (secondary N) is 1. The maximum atomic E-state index is 12.9. The summed E-state index contributed by atoms with van der Waals surface area (Å²) in [7, 11) is 2.03. The Hall–Kier alpha value is -1.76. The lowest BCUT2D eigenvalue weighted by Gasteiger charge is -2.34. The number of aromatic nitrogens is 1. The van der Waals surface area contributed by atoms with Crippen molar-refractivity contribution in [3.63, 3.8) is 0 Å². The Morgan fingerprint density at radius 1 is 1.13 bits per heavy atom. The van der Waals surface area contributed by atoms with Gasteiger partial charge in [0.2, 0.25) is 0 Å². The second kappa shape index (κ2) is 11.0. The smallest absolute Gasteiger partial charge is 0.306 e. The highest BCUT2D eigenvalue weighted by molar-refractivity contribution is 7.99. The number of rotatable bonds is 8. The molecular weight excluding hydrogens is 398 g/mol. The van der Waals surface area contributed by atoms with Crippen molar-refractivity contribution in [1.82, 2.24) is 10.3 Å². The molecule has 30 heavy (non-hydrogen) atoms. The van der Waals surface area contributed by atoms with Crippen LogP contribution < -0.4 is 10.2 Å². The molecule has 1 amide bonds. The minimum Gasteiger partial charge on any atom is -0.481 e. The molecule has 166 valence electrons. The van der Waals surface area contributed by atoms with E-state index in [-0.39, 0.29) is 17.9 Å². The summed E-state index contributed by atoms with van der Waals surface area (Å²) in [5.41, 5.74) is 0.672. The van der Waals surface area contributed by atoms with E-state index in [1.54, 1.807) is 11.8 Å². The van der Waals surface area contributed by atoms with Crippen molar-refractivity contribution in [1.29, 1.82) is 0 Å². The quantitative estimate of drug-likeness (QED) is 0.577. The summed E-state index contributed by atoms with van der Waals surface area (Å²) in [4.78, 5) is 31.2. The van der Waals surface area contributed by atoms with Crippen LogP contribution in [0.15, 0.2) is 17.2 Å². The van der Waals surface area contributed by atoms with Crippen LogP contribution in [-0.2, 0) is 4.79 Å². The van der Waals surface area contributed by atoms with Gasteiger partial charge in [-0.05, 0) is 62.8 Å². The largest absolute Gasteiger partial charge is 0.481 e. The van der Waals surface area contributed by atoms with Crippen molar-refractivity contribution >= 4 is 29.5 Å². The van der Waals surface area contributed by atoms with Gasteiger partial charge in [-0.15, -0.1) is 11.8 Å². The summed E-state index contributed by atoms with van der Waals surface area (Å²) in [5.74, 6) is 0.879. The van der Waals surface area contributed by atoms with Gasteiger partial charge in [-0.3, -0.25) is 9.59 Å². The highest BCUT2D eigenvalue weighted by Crippen LogP contribution is 2.31. The number of carboxylic acid groups (broad SMARTS) is 1. The lowest BCUT2D eigenvalue weighted by Crippen LogP contribution is -2.38. The molecule has 2 N–H and O–H groups in total. The topological polar surface area (TPSA) is 82.5 Å². The van der Waals surface area contributed by atoms with E-state index in [9.17, 15) is 14.7 Å². The molecule has 0 spiro atoms. The van der Waals surface area contributed by atoms with Crippen LogP contribution in [0.2, 0.25) is 0 Å². The van der Waals surface area contributed by atoms with Gasteiger partial charge in [0.05, 0.1) is 11.5 Å². The molecule has 0 saturated heterocycles. The number of hydrogen-bond donors (Lipinski definition) is 2. The molecule has 1 aromatic heterocycles. The zero-order valence-corrected chi connectivity index (χ0v) is 19.0. The molecule has 0 radical (unpaired) electrons. The van der Waals surface area contributed by atoms with Crippen LogP contribution in [0.3, 0.4) is 0 Å². The first kappa shape index (κ1) is 22.9. The highest BCUT2D eigenvalue weighted by atomic mass is 32.2. The van der Waals surface area contributed by atoms with Gasteiger partial charge in [-0.2, -0.15) is 0 Å². The summed E-state index contributed by atoms with van der Waals surface area (Å²) in [5, 5.41) is 13.3. The molecule has 0 bridgehead atoms. The number of aliphatic carboxylic acids is 1. The number of anilines is 1. The Balaban J connectivity index is 1.71. The number of thioether (sulfide) groups is 1. The van der Waals surface area contributed by atoms with Crippen LogP contribution in [0, 0.1) is 5.92 Å². The van der Waals surface area contributed by atoms with Crippen molar-refractivity contribution in [3.8, 4) is 0 Å².